The minimum Gasteiger partial charge on any atom is -0.467 e. The van der Waals surface area contributed by atoms with E-state index < -0.39 is 11.6 Å². The van der Waals surface area contributed by atoms with Crippen LogP contribution in [0.1, 0.15) is 39.2 Å². The fourth-order valence-corrected chi connectivity index (χ4v) is 6.91. The van der Waals surface area contributed by atoms with Crippen molar-refractivity contribution in [1.29, 1.82) is 5.26 Å². The second-order valence-electron chi connectivity index (χ2n) is 9.55. The summed E-state index contributed by atoms with van der Waals surface area (Å²) in [6, 6.07) is 5.96. The number of rotatable bonds is 6. The number of halogens is 3. The lowest BCUT2D eigenvalue weighted by molar-refractivity contribution is -0.131. The van der Waals surface area contributed by atoms with Crippen LogP contribution < -0.4 is 15.4 Å². The number of hydrogen-bond donors (Lipinski definition) is 1. The number of hydrogen-bond acceptors (Lipinski definition) is 8. The smallest absolute Gasteiger partial charge is 0.318 e. The van der Waals surface area contributed by atoms with Crippen molar-refractivity contribution in [3.8, 4) is 23.2 Å². The number of nitriles is 1. The molecule has 1 aliphatic heterocycles. The zero-order chi connectivity index (χ0) is 28.9. The summed E-state index contributed by atoms with van der Waals surface area (Å²) >= 11 is 7.67. The Morgan fingerprint density at radius 1 is 1.35 bits per heavy atom. The van der Waals surface area contributed by atoms with Gasteiger partial charge in [-0.2, -0.15) is 15.2 Å². The third kappa shape index (κ3) is 4.26. The van der Waals surface area contributed by atoms with Gasteiger partial charge in [0.2, 0.25) is 5.91 Å². The van der Waals surface area contributed by atoms with Gasteiger partial charge in [0.1, 0.15) is 28.2 Å². The van der Waals surface area contributed by atoms with E-state index in [2.05, 4.69) is 9.97 Å². The molecular weight excluding hydrogens is 558 g/mol. The minimum atomic E-state index is -0.760. The third-order valence-electron chi connectivity index (χ3n) is 7.57. The van der Waals surface area contributed by atoms with Crippen LogP contribution in [0, 0.1) is 23.0 Å². The number of amides is 1. The molecule has 2 unspecified atom stereocenters. The molecule has 2 aromatic carbocycles. The average molecular weight is 585 g/mol. The zero-order valence-electron chi connectivity index (χ0n) is 22.4. The molecule has 1 amide bonds. The molecular formula is C28H27ClF2N6O2S. The van der Waals surface area contributed by atoms with Crippen molar-refractivity contribution >= 4 is 60.7 Å². The van der Waals surface area contributed by atoms with E-state index in [1.807, 2.05) is 36.6 Å². The van der Waals surface area contributed by atoms with Crippen molar-refractivity contribution < 1.29 is 18.3 Å². The van der Waals surface area contributed by atoms with Crippen LogP contribution in [-0.2, 0) is 4.79 Å². The number of methoxy groups -OCH3 is 1. The summed E-state index contributed by atoms with van der Waals surface area (Å²) in [5, 5.41) is 10.5. The van der Waals surface area contributed by atoms with Crippen LogP contribution in [0.15, 0.2) is 18.2 Å². The number of carbonyl (C=O) groups excluding carboxylic acids is 1. The zero-order valence-corrected chi connectivity index (χ0v) is 24.0. The predicted molar refractivity (Wildman–Crippen MR) is 154 cm³/mol. The highest BCUT2D eigenvalue weighted by Gasteiger charge is 2.38. The van der Waals surface area contributed by atoms with Crippen LogP contribution in [0.5, 0.6) is 6.01 Å². The van der Waals surface area contributed by atoms with E-state index in [0.717, 1.165) is 11.3 Å². The summed E-state index contributed by atoms with van der Waals surface area (Å²) in [6.45, 7) is 6.93. The van der Waals surface area contributed by atoms with Crippen molar-refractivity contribution in [3.63, 3.8) is 0 Å². The lowest BCUT2D eigenvalue weighted by Crippen LogP contribution is -2.45. The van der Waals surface area contributed by atoms with Gasteiger partial charge in [-0.25, -0.2) is 8.78 Å². The molecule has 2 N–H and O–H groups in total. The molecule has 0 saturated carbocycles. The first-order valence-electron chi connectivity index (χ1n) is 12.9. The Hall–Kier alpha value is -3.75. The molecule has 5 rings (SSSR count). The summed E-state index contributed by atoms with van der Waals surface area (Å²) in [4.78, 5) is 25.3. The first-order valence-corrected chi connectivity index (χ1v) is 14.1. The standard InChI is InChI=1S/C28H27ClF2N6O2S/c1-5-20(38)37-10-9-19(13(37)3)36(6-2)27-15-11-17(29)22(23(31)24(15)34-28(35-27)39-4)14-7-8-18(30)25-21(14)16(12-32)26(33)40-25/h7-8,11,13,19H,5-6,9-10,33H2,1-4H3. The predicted octanol–water partition coefficient (Wildman–Crippen LogP) is 6.13. The summed E-state index contributed by atoms with van der Waals surface area (Å²) in [5.74, 6) is -0.822. The Kier molecular flexibility index (Phi) is 7.42. The number of nitrogen functional groups attached to an aromatic ring is 1. The highest BCUT2D eigenvalue weighted by molar-refractivity contribution is 7.23. The van der Waals surface area contributed by atoms with Crippen molar-refractivity contribution in [3.05, 3.63) is 40.4 Å². The minimum absolute atomic E-state index is 0.0304. The number of benzene rings is 2. The van der Waals surface area contributed by atoms with Gasteiger partial charge >= 0.3 is 6.01 Å². The Morgan fingerprint density at radius 2 is 2.10 bits per heavy atom. The van der Waals surface area contributed by atoms with E-state index in [4.69, 9.17) is 22.1 Å². The molecule has 1 aliphatic rings. The Balaban J connectivity index is 1.74. The molecule has 3 heterocycles. The van der Waals surface area contributed by atoms with Crippen molar-refractivity contribution in [1.82, 2.24) is 14.9 Å². The summed E-state index contributed by atoms with van der Waals surface area (Å²) < 4.78 is 36.7. The fraction of sp³-hybridized carbons (Fsp3) is 0.357. The van der Waals surface area contributed by atoms with E-state index in [-0.39, 0.29) is 66.3 Å². The fourth-order valence-electron chi connectivity index (χ4n) is 5.66. The van der Waals surface area contributed by atoms with E-state index in [1.165, 1.54) is 19.2 Å². The SMILES string of the molecule is CCC(=O)N1CCC(N(CC)c2nc(OC)nc3c(F)c(-c4ccc(F)c5sc(N)c(C#N)c45)c(Cl)cc23)C1C. The Morgan fingerprint density at radius 3 is 2.75 bits per heavy atom. The molecule has 40 heavy (non-hydrogen) atoms. The van der Waals surface area contributed by atoms with E-state index in [9.17, 15) is 14.4 Å². The number of nitrogens with two attached hydrogens (primary N) is 1. The normalized spacial score (nSPS) is 17.0. The number of carbonyl (C=O) groups is 1. The van der Waals surface area contributed by atoms with Gasteiger partial charge in [0.15, 0.2) is 5.82 Å². The van der Waals surface area contributed by atoms with Gasteiger partial charge < -0.3 is 20.3 Å². The van der Waals surface area contributed by atoms with Gasteiger partial charge in [0.25, 0.3) is 0 Å². The van der Waals surface area contributed by atoms with Crippen LogP contribution in [0.25, 0.3) is 32.1 Å². The monoisotopic (exact) mass is 584 g/mol. The van der Waals surface area contributed by atoms with Crippen LogP contribution in [-0.4, -0.2) is 53.1 Å². The van der Waals surface area contributed by atoms with Crippen LogP contribution in [0.3, 0.4) is 0 Å². The first-order chi connectivity index (χ1) is 19.2. The van der Waals surface area contributed by atoms with Crippen molar-refractivity contribution in [2.24, 2.45) is 0 Å². The molecule has 208 valence electrons. The summed E-state index contributed by atoms with van der Waals surface area (Å²) in [5.41, 5.74) is 6.22. The molecule has 1 saturated heterocycles. The topological polar surface area (TPSA) is 108 Å². The number of thiophene rings is 1. The van der Waals surface area contributed by atoms with Gasteiger partial charge in [-0.1, -0.05) is 24.6 Å². The van der Waals surface area contributed by atoms with E-state index >= 15 is 4.39 Å². The number of likely N-dealkylation sites (tertiary alicyclic amines) is 1. The van der Waals surface area contributed by atoms with E-state index in [1.54, 1.807) is 6.07 Å². The largest absolute Gasteiger partial charge is 0.467 e. The van der Waals surface area contributed by atoms with E-state index in [0.29, 0.717) is 37.1 Å². The molecule has 12 heteroatoms. The number of likely N-dealkylation sites (N-methyl/N-ethyl adjacent to an activating group) is 1. The van der Waals surface area contributed by atoms with Crippen molar-refractivity contribution in [2.45, 2.75) is 45.7 Å². The number of nitrogens with zero attached hydrogens (tertiary/aromatic N) is 5. The highest BCUT2D eigenvalue weighted by Crippen LogP contribution is 2.46. The quantitative estimate of drug-likeness (QED) is 0.290. The number of fused-ring (bicyclic) bond motifs is 2. The molecule has 0 bridgehead atoms. The van der Waals surface area contributed by atoms with Gasteiger partial charge in [-0.15, -0.1) is 11.3 Å². The molecule has 0 radical (unpaired) electrons. The van der Waals surface area contributed by atoms with Crippen molar-refractivity contribution in [2.75, 3.05) is 30.8 Å². The second kappa shape index (κ2) is 10.7. The summed E-state index contributed by atoms with van der Waals surface area (Å²) in [7, 11) is 1.40. The Labute approximate surface area is 238 Å². The molecule has 2 aromatic heterocycles. The van der Waals surface area contributed by atoms with Gasteiger partial charge in [-0.05, 0) is 38.0 Å². The molecule has 1 fully saturated rings. The van der Waals surface area contributed by atoms with Gasteiger partial charge in [0.05, 0.1) is 28.4 Å². The average Bonchev–Trinajstić information content (AvgIpc) is 3.49. The first kappa shape index (κ1) is 27.8. The third-order valence-corrected chi connectivity index (χ3v) is 8.90. The lowest BCUT2D eigenvalue weighted by Gasteiger charge is -2.34. The van der Waals surface area contributed by atoms with Crippen LogP contribution in [0.2, 0.25) is 5.02 Å². The molecule has 4 aromatic rings. The number of ether oxygens (including phenoxy) is 1. The molecule has 8 nitrogen and oxygen atoms in total. The number of anilines is 2. The highest BCUT2D eigenvalue weighted by atomic mass is 35.5. The molecule has 0 spiro atoms. The van der Waals surface area contributed by atoms with Gasteiger partial charge in [0, 0.05) is 41.9 Å². The maximum absolute atomic E-state index is 16.5. The van der Waals surface area contributed by atoms with Gasteiger partial charge in [-0.3, -0.25) is 4.79 Å². The number of aromatic nitrogens is 2. The molecule has 0 aliphatic carbocycles. The summed E-state index contributed by atoms with van der Waals surface area (Å²) in [6.07, 6.45) is 1.13. The lowest BCUT2D eigenvalue weighted by atomic mass is 9.97. The maximum Gasteiger partial charge on any atom is 0.318 e. The van der Waals surface area contributed by atoms with Crippen LogP contribution in [0.4, 0.5) is 19.6 Å². The van der Waals surface area contributed by atoms with Crippen LogP contribution >= 0.6 is 22.9 Å². The maximum atomic E-state index is 16.5. The second-order valence-corrected chi connectivity index (χ2v) is 11.0. The Bertz CT molecular complexity index is 1700. The molecule has 2 atom stereocenters.